The van der Waals surface area contributed by atoms with Crippen molar-refractivity contribution in [2.45, 2.75) is 6.92 Å². The summed E-state index contributed by atoms with van der Waals surface area (Å²) in [5.41, 5.74) is 1.16. The standard InChI is InChI=1S/C24H20N4O4/c1-15(29)26-22-12-7-16(13-25-22)27-23(30)21-14-28(17-8-10-18(32-2)11-9-17)24(31)20-6-4-3-5-19(20)21/h3-14H,1-2H3,(H,27,30)(H,25,26,29). The summed E-state index contributed by atoms with van der Waals surface area (Å²) in [6.07, 6.45) is 2.98. The van der Waals surface area contributed by atoms with E-state index in [1.54, 1.807) is 67.8 Å². The first-order chi connectivity index (χ1) is 15.5. The summed E-state index contributed by atoms with van der Waals surface area (Å²) in [4.78, 5) is 41.5. The fourth-order valence-electron chi connectivity index (χ4n) is 3.33. The van der Waals surface area contributed by atoms with Crippen LogP contribution < -0.4 is 20.9 Å². The van der Waals surface area contributed by atoms with Crippen molar-refractivity contribution in [1.82, 2.24) is 9.55 Å². The molecule has 0 unspecified atom stereocenters. The molecule has 2 amide bonds. The SMILES string of the molecule is COc1ccc(-n2cc(C(=O)Nc3ccc(NC(C)=O)nc3)c3ccccc3c2=O)cc1. The third-order valence-corrected chi connectivity index (χ3v) is 4.85. The molecule has 0 aliphatic heterocycles. The summed E-state index contributed by atoms with van der Waals surface area (Å²) in [6.45, 7) is 1.39. The van der Waals surface area contributed by atoms with Crippen LogP contribution in [0.3, 0.4) is 0 Å². The van der Waals surface area contributed by atoms with Gasteiger partial charge in [-0.2, -0.15) is 0 Å². The topological polar surface area (TPSA) is 102 Å². The Morgan fingerprint density at radius 1 is 0.938 bits per heavy atom. The van der Waals surface area contributed by atoms with Crippen LogP contribution in [0.25, 0.3) is 16.5 Å². The number of hydrogen-bond donors (Lipinski definition) is 2. The van der Waals surface area contributed by atoms with E-state index in [0.29, 0.717) is 39.3 Å². The number of hydrogen-bond acceptors (Lipinski definition) is 5. The molecule has 0 saturated heterocycles. The second kappa shape index (κ2) is 8.73. The van der Waals surface area contributed by atoms with E-state index in [0.717, 1.165) is 0 Å². The lowest BCUT2D eigenvalue weighted by atomic mass is 10.1. The lowest BCUT2D eigenvalue weighted by Crippen LogP contribution is -2.22. The Morgan fingerprint density at radius 2 is 1.66 bits per heavy atom. The summed E-state index contributed by atoms with van der Waals surface area (Å²) in [6, 6.07) is 17.2. The largest absolute Gasteiger partial charge is 0.497 e. The zero-order valence-corrected chi connectivity index (χ0v) is 17.5. The third kappa shape index (κ3) is 4.20. The molecule has 8 heteroatoms. The molecule has 0 fully saturated rings. The van der Waals surface area contributed by atoms with E-state index < -0.39 is 5.91 Å². The van der Waals surface area contributed by atoms with Gasteiger partial charge >= 0.3 is 0 Å². The average Bonchev–Trinajstić information content (AvgIpc) is 2.80. The van der Waals surface area contributed by atoms with Crippen molar-refractivity contribution >= 4 is 34.1 Å². The highest BCUT2D eigenvalue weighted by Gasteiger charge is 2.16. The van der Waals surface area contributed by atoms with Crippen LogP contribution >= 0.6 is 0 Å². The molecule has 8 nitrogen and oxygen atoms in total. The summed E-state index contributed by atoms with van der Waals surface area (Å²) in [5.74, 6) is 0.420. The first-order valence-electron chi connectivity index (χ1n) is 9.80. The molecule has 0 atom stereocenters. The van der Waals surface area contributed by atoms with Crippen LogP contribution in [0.4, 0.5) is 11.5 Å². The van der Waals surface area contributed by atoms with Crippen molar-refractivity contribution in [2.24, 2.45) is 0 Å². The molecule has 4 rings (SSSR count). The number of nitrogens with one attached hydrogen (secondary N) is 2. The lowest BCUT2D eigenvalue weighted by molar-refractivity contribution is -0.114. The smallest absolute Gasteiger partial charge is 0.262 e. The van der Waals surface area contributed by atoms with Gasteiger partial charge in [-0.3, -0.25) is 19.0 Å². The van der Waals surface area contributed by atoms with Crippen LogP contribution in [0.2, 0.25) is 0 Å². The summed E-state index contributed by atoms with van der Waals surface area (Å²) >= 11 is 0. The zero-order valence-electron chi connectivity index (χ0n) is 17.5. The molecule has 32 heavy (non-hydrogen) atoms. The number of aromatic nitrogens is 2. The Morgan fingerprint density at radius 3 is 2.28 bits per heavy atom. The van der Waals surface area contributed by atoms with E-state index >= 15 is 0 Å². The highest BCUT2D eigenvalue weighted by atomic mass is 16.5. The van der Waals surface area contributed by atoms with E-state index in [1.165, 1.54) is 23.9 Å². The predicted octanol–water partition coefficient (Wildman–Crippen LogP) is 3.61. The number of rotatable bonds is 5. The minimum Gasteiger partial charge on any atom is -0.497 e. The van der Waals surface area contributed by atoms with Gasteiger partial charge < -0.3 is 15.4 Å². The zero-order chi connectivity index (χ0) is 22.7. The summed E-state index contributed by atoms with van der Waals surface area (Å²) in [7, 11) is 1.57. The number of nitrogens with zero attached hydrogens (tertiary/aromatic N) is 2. The molecule has 0 spiro atoms. The molecule has 0 radical (unpaired) electrons. The van der Waals surface area contributed by atoms with Crippen molar-refractivity contribution in [2.75, 3.05) is 17.7 Å². The Labute approximate surface area is 183 Å². The van der Waals surface area contributed by atoms with Crippen molar-refractivity contribution in [3.05, 3.63) is 89.0 Å². The van der Waals surface area contributed by atoms with Gasteiger partial charge in [0.2, 0.25) is 5.91 Å². The average molecular weight is 428 g/mol. The number of methoxy groups -OCH3 is 1. The monoisotopic (exact) mass is 428 g/mol. The maximum absolute atomic E-state index is 13.1. The fraction of sp³-hybridized carbons (Fsp3) is 0.0833. The van der Waals surface area contributed by atoms with Gasteiger partial charge in [0.25, 0.3) is 11.5 Å². The number of ether oxygens (including phenoxy) is 1. The maximum Gasteiger partial charge on any atom is 0.262 e. The number of benzene rings is 2. The minimum absolute atomic E-state index is 0.233. The molecule has 0 aliphatic carbocycles. The summed E-state index contributed by atoms with van der Waals surface area (Å²) < 4.78 is 6.62. The van der Waals surface area contributed by atoms with Gasteiger partial charge in [0.15, 0.2) is 0 Å². The van der Waals surface area contributed by atoms with E-state index in [1.807, 2.05) is 0 Å². The molecule has 2 aromatic heterocycles. The van der Waals surface area contributed by atoms with Crippen LogP contribution in [0.15, 0.2) is 77.9 Å². The van der Waals surface area contributed by atoms with E-state index in [9.17, 15) is 14.4 Å². The number of carbonyl (C=O) groups is 2. The molecule has 2 N–H and O–H groups in total. The van der Waals surface area contributed by atoms with Crippen LogP contribution in [0.5, 0.6) is 5.75 Å². The van der Waals surface area contributed by atoms with E-state index in [2.05, 4.69) is 15.6 Å². The van der Waals surface area contributed by atoms with Gasteiger partial charge in [0.05, 0.1) is 24.6 Å². The third-order valence-electron chi connectivity index (χ3n) is 4.85. The summed E-state index contributed by atoms with van der Waals surface area (Å²) in [5, 5.41) is 6.34. The van der Waals surface area contributed by atoms with Crippen LogP contribution in [0.1, 0.15) is 17.3 Å². The van der Waals surface area contributed by atoms with Gasteiger partial charge in [-0.15, -0.1) is 0 Å². The second-order valence-electron chi connectivity index (χ2n) is 7.03. The minimum atomic E-state index is -0.391. The molecular weight excluding hydrogens is 408 g/mol. The quantitative estimate of drug-likeness (QED) is 0.506. The van der Waals surface area contributed by atoms with Crippen LogP contribution in [-0.2, 0) is 4.79 Å². The first-order valence-corrected chi connectivity index (χ1v) is 9.80. The molecule has 0 bridgehead atoms. The van der Waals surface area contributed by atoms with E-state index in [-0.39, 0.29) is 11.5 Å². The molecular formula is C24H20N4O4. The molecule has 0 saturated carbocycles. The van der Waals surface area contributed by atoms with Gasteiger partial charge in [-0.1, -0.05) is 18.2 Å². The molecule has 0 aliphatic rings. The Hall–Kier alpha value is -4.46. The van der Waals surface area contributed by atoms with Crippen molar-refractivity contribution in [3.63, 3.8) is 0 Å². The van der Waals surface area contributed by atoms with Gasteiger partial charge in [-0.25, -0.2) is 4.98 Å². The van der Waals surface area contributed by atoms with Crippen molar-refractivity contribution in [1.29, 1.82) is 0 Å². The van der Waals surface area contributed by atoms with Crippen LogP contribution in [0, 0.1) is 0 Å². The molecule has 160 valence electrons. The molecule has 2 heterocycles. The number of amides is 2. The Kier molecular flexibility index (Phi) is 5.67. The van der Waals surface area contributed by atoms with Gasteiger partial charge in [0, 0.05) is 29.6 Å². The Bertz CT molecular complexity index is 1360. The van der Waals surface area contributed by atoms with Gasteiger partial charge in [0.1, 0.15) is 11.6 Å². The number of pyridine rings is 2. The second-order valence-corrected chi connectivity index (χ2v) is 7.03. The molecule has 4 aromatic rings. The molecule has 2 aromatic carbocycles. The van der Waals surface area contributed by atoms with Crippen LogP contribution in [-0.4, -0.2) is 28.5 Å². The highest BCUT2D eigenvalue weighted by Crippen LogP contribution is 2.21. The normalized spacial score (nSPS) is 10.6. The lowest BCUT2D eigenvalue weighted by Gasteiger charge is -2.13. The fourth-order valence-corrected chi connectivity index (χ4v) is 3.33. The predicted molar refractivity (Wildman–Crippen MR) is 123 cm³/mol. The first kappa shape index (κ1) is 20.8. The number of anilines is 2. The Balaban J connectivity index is 1.74. The number of carbonyl (C=O) groups excluding carboxylic acids is 2. The highest BCUT2D eigenvalue weighted by molar-refractivity contribution is 6.12. The van der Waals surface area contributed by atoms with Crippen molar-refractivity contribution in [3.8, 4) is 11.4 Å². The van der Waals surface area contributed by atoms with Crippen molar-refractivity contribution < 1.29 is 14.3 Å². The van der Waals surface area contributed by atoms with Gasteiger partial charge in [-0.05, 0) is 42.5 Å². The number of fused-ring (bicyclic) bond motifs is 1. The maximum atomic E-state index is 13.1. The van der Waals surface area contributed by atoms with E-state index in [4.69, 9.17) is 4.74 Å².